The maximum Gasteiger partial charge on any atom is 0.135 e. The van der Waals surface area contributed by atoms with Gasteiger partial charge in [0.05, 0.1) is 23.5 Å². The second kappa shape index (κ2) is 6.41. The van der Waals surface area contributed by atoms with Gasteiger partial charge in [0.25, 0.3) is 0 Å². The predicted molar refractivity (Wildman–Crippen MR) is 84.0 cm³/mol. The highest BCUT2D eigenvalue weighted by Gasteiger charge is 2.21. The first-order valence-corrected chi connectivity index (χ1v) is 7.34. The van der Waals surface area contributed by atoms with E-state index >= 15 is 0 Å². The molecule has 4 nitrogen and oxygen atoms in total. The topological polar surface area (TPSA) is 47.3 Å². The molecule has 0 unspecified atom stereocenters. The lowest BCUT2D eigenvalue weighted by molar-refractivity contribution is 0.0574. The van der Waals surface area contributed by atoms with E-state index in [1.165, 1.54) is 0 Å². The molecule has 0 amide bonds. The Kier molecular flexibility index (Phi) is 4.80. The van der Waals surface area contributed by atoms with Crippen molar-refractivity contribution in [3.05, 3.63) is 41.9 Å². The molecule has 0 bridgehead atoms. The van der Waals surface area contributed by atoms with Crippen LogP contribution in [0, 0.1) is 6.92 Å². The molecule has 2 aromatic rings. The number of nitrogens with zero attached hydrogens (tertiary/aromatic N) is 2. The van der Waals surface area contributed by atoms with Crippen LogP contribution in [0.2, 0.25) is 0 Å². The van der Waals surface area contributed by atoms with Crippen molar-refractivity contribution in [3.8, 4) is 11.3 Å². The quantitative estimate of drug-likeness (QED) is 0.888. The van der Waals surface area contributed by atoms with Crippen molar-refractivity contribution >= 4 is 0 Å². The minimum atomic E-state index is -0.808. The Morgan fingerprint density at radius 2 is 1.90 bits per heavy atom. The number of imidazole rings is 1. The number of ether oxygens (including phenoxy) is 1. The zero-order valence-electron chi connectivity index (χ0n) is 13.3. The molecule has 21 heavy (non-hydrogen) atoms. The zero-order valence-corrected chi connectivity index (χ0v) is 13.3. The normalized spacial score (nSPS) is 11.9. The van der Waals surface area contributed by atoms with Gasteiger partial charge in [-0.15, -0.1) is 0 Å². The van der Waals surface area contributed by atoms with E-state index in [2.05, 4.69) is 21.7 Å². The van der Waals surface area contributed by atoms with E-state index in [-0.39, 0.29) is 0 Å². The summed E-state index contributed by atoms with van der Waals surface area (Å²) in [6.45, 7) is 9.17. The van der Waals surface area contributed by atoms with Gasteiger partial charge in [-0.3, -0.25) is 0 Å². The Balaban J connectivity index is 2.49. The average Bonchev–Trinajstić information content (AvgIpc) is 2.71. The fraction of sp³-hybridized carbons (Fsp3) is 0.471. The van der Waals surface area contributed by atoms with Crippen molar-refractivity contribution in [3.63, 3.8) is 0 Å². The largest absolute Gasteiger partial charge is 0.389 e. The van der Waals surface area contributed by atoms with Gasteiger partial charge in [-0.25, -0.2) is 4.98 Å². The fourth-order valence-corrected chi connectivity index (χ4v) is 2.45. The molecule has 2 rings (SSSR count). The lowest BCUT2D eigenvalue weighted by atomic mass is 10.1. The fourth-order valence-electron chi connectivity index (χ4n) is 2.45. The van der Waals surface area contributed by atoms with Crippen molar-refractivity contribution in [1.29, 1.82) is 0 Å². The summed E-state index contributed by atoms with van der Waals surface area (Å²) in [5, 5.41) is 10.2. The number of hydrogen-bond acceptors (Lipinski definition) is 3. The number of rotatable bonds is 6. The molecule has 4 heteroatoms. The third-order valence-electron chi connectivity index (χ3n) is 3.25. The molecule has 0 saturated carbocycles. The number of aryl methyl sites for hydroxylation is 1. The first kappa shape index (κ1) is 15.7. The maximum atomic E-state index is 10.2. The standard InChI is InChI=1S/C17H24N2O2/c1-5-21-11-15-18-13(2)16(14-9-7-6-8-10-14)19(15)12-17(3,4)20/h6-10,20H,5,11-12H2,1-4H3. The molecule has 0 radical (unpaired) electrons. The highest BCUT2D eigenvalue weighted by molar-refractivity contribution is 5.62. The van der Waals surface area contributed by atoms with Gasteiger partial charge in [0.15, 0.2) is 0 Å². The van der Waals surface area contributed by atoms with Gasteiger partial charge in [-0.05, 0) is 27.7 Å². The first-order chi connectivity index (χ1) is 9.92. The van der Waals surface area contributed by atoms with Crippen LogP contribution in [0.25, 0.3) is 11.3 Å². The molecular weight excluding hydrogens is 264 g/mol. The van der Waals surface area contributed by atoms with Crippen LogP contribution in [0.3, 0.4) is 0 Å². The molecule has 1 aromatic heterocycles. The number of aliphatic hydroxyl groups is 1. The summed E-state index contributed by atoms with van der Waals surface area (Å²) < 4.78 is 7.58. The Morgan fingerprint density at radius 3 is 2.48 bits per heavy atom. The SMILES string of the molecule is CCOCc1nc(C)c(-c2ccccc2)n1CC(C)(C)O. The number of benzene rings is 1. The van der Waals surface area contributed by atoms with Gasteiger partial charge in [0.2, 0.25) is 0 Å². The number of aromatic nitrogens is 2. The van der Waals surface area contributed by atoms with E-state index in [0.717, 1.165) is 22.8 Å². The molecule has 114 valence electrons. The van der Waals surface area contributed by atoms with E-state index in [4.69, 9.17) is 4.74 Å². The smallest absolute Gasteiger partial charge is 0.135 e. The van der Waals surface area contributed by atoms with E-state index in [1.807, 2.05) is 45.9 Å². The minimum Gasteiger partial charge on any atom is -0.389 e. The summed E-state index contributed by atoms with van der Waals surface area (Å²) in [6, 6.07) is 10.2. The van der Waals surface area contributed by atoms with Crippen LogP contribution in [0.4, 0.5) is 0 Å². The van der Waals surface area contributed by atoms with E-state index in [0.29, 0.717) is 19.8 Å². The van der Waals surface area contributed by atoms with Gasteiger partial charge in [-0.2, -0.15) is 0 Å². The first-order valence-electron chi connectivity index (χ1n) is 7.34. The molecule has 0 saturated heterocycles. The molecular formula is C17H24N2O2. The van der Waals surface area contributed by atoms with Gasteiger partial charge in [0.1, 0.15) is 12.4 Å². The van der Waals surface area contributed by atoms with E-state index in [1.54, 1.807) is 0 Å². The zero-order chi connectivity index (χ0) is 15.5. The van der Waals surface area contributed by atoms with Crippen LogP contribution in [-0.4, -0.2) is 26.9 Å². The van der Waals surface area contributed by atoms with Crippen molar-refractivity contribution < 1.29 is 9.84 Å². The maximum absolute atomic E-state index is 10.2. The Labute approximate surface area is 126 Å². The summed E-state index contributed by atoms with van der Waals surface area (Å²) in [5.41, 5.74) is 2.31. The summed E-state index contributed by atoms with van der Waals surface area (Å²) in [7, 11) is 0. The molecule has 1 heterocycles. The third kappa shape index (κ3) is 3.93. The highest BCUT2D eigenvalue weighted by Crippen LogP contribution is 2.27. The van der Waals surface area contributed by atoms with Crippen LogP contribution < -0.4 is 0 Å². The second-order valence-electron chi connectivity index (χ2n) is 5.86. The molecule has 0 aliphatic rings. The van der Waals surface area contributed by atoms with Crippen molar-refractivity contribution in [2.24, 2.45) is 0 Å². The summed E-state index contributed by atoms with van der Waals surface area (Å²) in [5.74, 6) is 0.857. The Hall–Kier alpha value is -1.65. The monoisotopic (exact) mass is 288 g/mol. The molecule has 1 aromatic carbocycles. The summed E-state index contributed by atoms with van der Waals surface area (Å²) in [6.07, 6.45) is 0. The summed E-state index contributed by atoms with van der Waals surface area (Å²) in [4.78, 5) is 4.64. The lowest BCUT2D eigenvalue weighted by Crippen LogP contribution is -2.27. The summed E-state index contributed by atoms with van der Waals surface area (Å²) >= 11 is 0. The third-order valence-corrected chi connectivity index (χ3v) is 3.25. The molecule has 0 spiro atoms. The van der Waals surface area contributed by atoms with Gasteiger partial charge < -0.3 is 14.4 Å². The molecule has 0 aliphatic heterocycles. The molecule has 0 aliphatic carbocycles. The minimum absolute atomic E-state index is 0.459. The van der Waals surface area contributed by atoms with Crippen molar-refractivity contribution in [2.75, 3.05) is 6.61 Å². The van der Waals surface area contributed by atoms with Crippen LogP contribution in [-0.2, 0) is 17.9 Å². The van der Waals surface area contributed by atoms with Crippen molar-refractivity contribution in [2.45, 2.75) is 46.4 Å². The van der Waals surface area contributed by atoms with Crippen LogP contribution in [0.1, 0.15) is 32.3 Å². The Morgan fingerprint density at radius 1 is 1.24 bits per heavy atom. The molecule has 1 N–H and O–H groups in total. The second-order valence-corrected chi connectivity index (χ2v) is 5.86. The molecule has 0 fully saturated rings. The predicted octanol–water partition coefficient (Wildman–Crippen LogP) is 3.17. The van der Waals surface area contributed by atoms with Crippen LogP contribution in [0.15, 0.2) is 30.3 Å². The Bertz CT molecular complexity index is 583. The lowest BCUT2D eigenvalue weighted by Gasteiger charge is -2.21. The van der Waals surface area contributed by atoms with E-state index in [9.17, 15) is 5.11 Å². The van der Waals surface area contributed by atoms with Crippen LogP contribution in [0.5, 0.6) is 0 Å². The van der Waals surface area contributed by atoms with E-state index < -0.39 is 5.60 Å². The molecule has 0 atom stereocenters. The van der Waals surface area contributed by atoms with Gasteiger partial charge in [0, 0.05) is 12.2 Å². The van der Waals surface area contributed by atoms with Crippen LogP contribution >= 0.6 is 0 Å². The van der Waals surface area contributed by atoms with Gasteiger partial charge >= 0.3 is 0 Å². The van der Waals surface area contributed by atoms with Gasteiger partial charge in [-0.1, -0.05) is 30.3 Å². The average molecular weight is 288 g/mol. The highest BCUT2D eigenvalue weighted by atomic mass is 16.5. The van der Waals surface area contributed by atoms with Crippen molar-refractivity contribution in [1.82, 2.24) is 9.55 Å². The number of hydrogen-bond donors (Lipinski definition) is 1.